The molecule has 0 spiro atoms. The van der Waals surface area contributed by atoms with Crippen molar-refractivity contribution in [3.63, 3.8) is 0 Å². The summed E-state index contributed by atoms with van der Waals surface area (Å²) in [7, 11) is -1.71. The minimum Gasteiger partial charge on any atom is -0.488 e. The molecule has 192 valence electrons. The second kappa shape index (κ2) is 11.2. The van der Waals surface area contributed by atoms with Gasteiger partial charge >= 0.3 is 0 Å². The van der Waals surface area contributed by atoms with Crippen LogP contribution in [0.1, 0.15) is 5.56 Å². The third-order valence-corrected chi connectivity index (χ3v) is 12.5. The maximum Gasteiger partial charge on any atom is 0.128 e. The third kappa shape index (κ3) is 4.67. The molecule has 0 aromatic heterocycles. The zero-order valence-electron chi connectivity index (χ0n) is 22.0. The monoisotopic (exact) mass is 550 g/mol. The van der Waals surface area contributed by atoms with Crippen molar-refractivity contribution in [2.75, 3.05) is 0 Å². The van der Waals surface area contributed by atoms with Crippen molar-refractivity contribution in [3.05, 3.63) is 163 Å². The molecular formula is C37H28OP2. The number of hydrogen-bond acceptors (Lipinski definition) is 1. The molecule has 7 rings (SSSR count). The second-order valence-electron chi connectivity index (χ2n) is 9.77. The summed E-state index contributed by atoms with van der Waals surface area (Å²) in [5.74, 6) is 0.980. The first kappa shape index (κ1) is 25.0. The Morgan fingerprint density at radius 1 is 0.425 bits per heavy atom. The van der Waals surface area contributed by atoms with Crippen LogP contribution in [0, 0.1) is 0 Å². The van der Waals surface area contributed by atoms with Crippen LogP contribution in [-0.4, -0.2) is 0 Å². The highest BCUT2D eigenvalue weighted by atomic mass is 31.1. The molecule has 1 nitrogen and oxygen atoms in total. The van der Waals surface area contributed by atoms with Crippen LogP contribution < -0.4 is 36.6 Å². The summed E-state index contributed by atoms with van der Waals surface area (Å²) in [6.07, 6.45) is 0. The van der Waals surface area contributed by atoms with Gasteiger partial charge in [-0.1, -0.05) is 146 Å². The Kier molecular flexibility index (Phi) is 7.01. The Morgan fingerprint density at radius 3 is 1.40 bits per heavy atom. The summed E-state index contributed by atoms with van der Waals surface area (Å²) in [5, 5.41) is 8.19. The number of ether oxygens (including phenoxy) is 1. The van der Waals surface area contributed by atoms with Crippen molar-refractivity contribution < 1.29 is 4.74 Å². The Hall–Kier alpha value is -4.02. The van der Waals surface area contributed by atoms with Crippen molar-refractivity contribution >= 4 is 47.7 Å². The minimum absolute atomic E-state index is 0.600. The van der Waals surface area contributed by atoms with Crippen molar-refractivity contribution in [2.24, 2.45) is 0 Å². The van der Waals surface area contributed by atoms with E-state index in [-0.39, 0.29) is 0 Å². The Morgan fingerprint density at radius 2 is 0.875 bits per heavy atom. The highest BCUT2D eigenvalue weighted by Crippen LogP contribution is 2.46. The van der Waals surface area contributed by atoms with Gasteiger partial charge in [0, 0.05) is 10.9 Å². The van der Waals surface area contributed by atoms with Crippen LogP contribution in [0.3, 0.4) is 0 Å². The third-order valence-electron chi connectivity index (χ3n) is 7.31. The van der Waals surface area contributed by atoms with Crippen molar-refractivity contribution in [1.29, 1.82) is 0 Å². The van der Waals surface area contributed by atoms with E-state index in [1.165, 1.54) is 48.5 Å². The molecule has 0 bridgehead atoms. The van der Waals surface area contributed by atoms with E-state index < -0.39 is 15.8 Å². The van der Waals surface area contributed by atoms with Crippen LogP contribution in [0.5, 0.6) is 5.75 Å². The van der Waals surface area contributed by atoms with Gasteiger partial charge in [-0.25, -0.2) is 0 Å². The van der Waals surface area contributed by atoms with E-state index in [4.69, 9.17) is 4.74 Å². The molecule has 0 radical (unpaired) electrons. The number of benzene rings is 6. The lowest BCUT2D eigenvalue weighted by atomic mass is 9.97. The summed E-state index contributed by atoms with van der Waals surface area (Å²) < 4.78 is 6.48. The first-order valence-corrected chi connectivity index (χ1v) is 16.3. The molecule has 0 fully saturated rings. The molecule has 0 saturated heterocycles. The molecular weight excluding hydrogens is 522 g/mol. The molecule has 0 amide bonds. The fraction of sp³-hybridized carbons (Fsp3) is 0.0270. The van der Waals surface area contributed by atoms with Gasteiger partial charge in [0.1, 0.15) is 12.4 Å². The van der Waals surface area contributed by atoms with Gasteiger partial charge in [0.15, 0.2) is 0 Å². The van der Waals surface area contributed by atoms with Gasteiger partial charge in [-0.05, 0) is 65.6 Å². The van der Waals surface area contributed by atoms with Gasteiger partial charge in [0.25, 0.3) is 0 Å². The Balaban J connectivity index is 1.60. The SMILES string of the molecule is c1ccc(P(c2ccccc2)c2ccc3c(c2P(c2ccccc2)c2ccccc2)-c2ccccc2CO3)cc1. The largest absolute Gasteiger partial charge is 0.488 e. The fourth-order valence-electron chi connectivity index (χ4n) is 5.54. The summed E-state index contributed by atoms with van der Waals surface area (Å²) in [6.45, 7) is 0.600. The van der Waals surface area contributed by atoms with Crippen LogP contribution in [0.15, 0.2) is 158 Å². The number of rotatable bonds is 6. The van der Waals surface area contributed by atoms with Gasteiger partial charge in [0.2, 0.25) is 0 Å². The predicted octanol–water partition coefficient (Wildman–Crippen LogP) is 6.76. The van der Waals surface area contributed by atoms with Crippen LogP contribution in [0.25, 0.3) is 11.1 Å². The summed E-state index contributed by atoms with van der Waals surface area (Å²) in [5.41, 5.74) is 3.78. The van der Waals surface area contributed by atoms with Gasteiger partial charge in [-0.2, -0.15) is 0 Å². The maximum absolute atomic E-state index is 6.48. The van der Waals surface area contributed by atoms with Gasteiger partial charge in [0.05, 0.1) is 0 Å². The second-order valence-corrected chi connectivity index (χ2v) is 14.1. The van der Waals surface area contributed by atoms with E-state index in [0.717, 1.165) is 5.75 Å². The number of hydrogen-bond donors (Lipinski definition) is 0. The molecule has 3 heteroatoms. The summed E-state index contributed by atoms with van der Waals surface area (Å²) >= 11 is 0. The standard InChI is InChI=1S/C37H28OP2/c1-5-16-29(17-6-1)39(30-18-7-2-8-19-30)35-26-25-34-36(33-24-14-13-15-28(33)27-38-34)37(35)40(31-20-9-3-10-21-31)32-22-11-4-12-23-32/h1-26H,27H2. The highest BCUT2D eigenvalue weighted by molar-refractivity contribution is 7.85. The molecule has 0 saturated carbocycles. The lowest BCUT2D eigenvalue weighted by Crippen LogP contribution is -2.36. The van der Waals surface area contributed by atoms with Crippen molar-refractivity contribution in [2.45, 2.75) is 6.61 Å². The van der Waals surface area contributed by atoms with Crippen LogP contribution in [-0.2, 0) is 6.61 Å². The summed E-state index contributed by atoms with van der Waals surface area (Å²) in [6, 6.07) is 57.5. The minimum atomic E-state index is -0.883. The average molecular weight is 551 g/mol. The Labute approximate surface area is 238 Å². The average Bonchev–Trinajstić information content (AvgIpc) is 3.04. The topological polar surface area (TPSA) is 9.23 Å². The first-order chi connectivity index (χ1) is 19.9. The molecule has 1 aliphatic heterocycles. The van der Waals surface area contributed by atoms with Crippen LogP contribution in [0.4, 0.5) is 0 Å². The van der Waals surface area contributed by atoms with E-state index in [0.29, 0.717) is 6.61 Å². The predicted molar refractivity (Wildman–Crippen MR) is 174 cm³/mol. The number of fused-ring (bicyclic) bond motifs is 3. The van der Waals surface area contributed by atoms with E-state index in [9.17, 15) is 0 Å². The van der Waals surface area contributed by atoms with Crippen molar-refractivity contribution in [1.82, 2.24) is 0 Å². The van der Waals surface area contributed by atoms with Crippen LogP contribution in [0.2, 0.25) is 0 Å². The van der Waals surface area contributed by atoms with E-state index >= 15 is 0 Å². The maximum atomic E-state index is 6.48. The normalized spacial score (nSPS) is 12.1. The smallest absolute Gasteiger partial charge is 0.128 e. The zero-order chi connectivity index (χ0) is 26.7. The van der Waals surface area contributed by atoms with Gasteiger partial charge in [-0.3, -0.25) is 0 Å². The molecule has 0 unspecified atom stereocenters. The lowest BCUT2D eigenvalue weighted by molar-refractivity contribution is 0.302. The fourth-order valence-corrected chi connectivity index (χ4v) is 11.0. The molecule has 0 N–H and O–H groups in total. The van der Waals surface area contributed by atoms with Gasteiger partial charge < -0.3 is 4.74 Å². The van der Waals surface area contributed by atoms with Crippen molar-refractivity contribution in [3.8, 4) is 16.9 Å². The highest BCUT2D eigenvalue weighted by Gasteiger charge is 2.32. The van der Waals surface area contributed by atoms with E-state index in [1.807, 2.05) is 0 Å². The first-order valence-electron chi connectivity index (χ1n) is 13.6. The lowest BCUT2D eigenvalue weighted by Gasteiger charge is -2.32. The summed E-state index contributed by atoms with van der Waals surface area (Å²) in [4.78, 5) is 0. The Bertz CT molecular complexity index is 1660. The van der Waals surface area contributed by atoms with E-state index in [1.54, 1.807) is 0 Å². The molecule has 1 heterocycles. The molecule has 6 aromatic rings. The van der Waals surface area contributed by atoms with Gasteiger partial charge in [-0.15, -0.1) is 0 Å². The molecule has 0 atom stereocenters. The van der Waals surface area contributed by atoms with Crippen LogP contribution >= 0.6 is 15.8 Å². The quantitative estimate of drug-likeness (QED) is 0.208. The molecule has 0 aliphatic carbocycles. The molecule has 1 aliphatic rings. The molecule has 6 aromatic carbocycles. The zero-order valence-corrected chi connectivity index (χ0v) is 23.8. The van der Waals surface area contributed by atoms with E-state index in [2.05, 4.69) is 158 Å². The molecule has 40 heavy (non-hydrogen) atoms.